The Balaban J connectivity index is 0.000000504. The first-order valence-electron chi connectivity index (χ1n) is 7.32. The Bertz CT molecular complexity index is 753. The number of ether oxygens (including phenoxy) is 1. The van der Waals surface area contributed by atoms with Crippen LogP contribution in [0.3, 0.4) is 0 Å². The molecule has 0 bridgehead atoms. The Morgan fingerprint density at radius 1 is 1.00 bits per heavy atom. The maximum atomic E-state index is 11.3. The Morgan fingerprint density at radius 3 is 2.04 bits per heavy atom. The average Bonchev–Trinajstić information content (AvgIpc) is 2.57. The first-order chi connectivity index (χ1) is 12.3. The van der Waals surface area contributed by atoms with E-state index in [0.717, 1.165) is 5.56 Å². The Labute approximate surface area is 172 Å². The third kappa shape index (κ3) is 10.3. The summed E-state index contributed by atoms with van der Waals surface area (Å²) in [5.41, 5.74) is 11.3. The zero-order valence-electron chi connectivity index (χ0n) is 14.1. The minimum Gasteiger partial charge on any atom is -0.445 e. The molecule has 146 valence electrons. The van der Waals surface area contributed by atoms with Gasteiger partial charge in [0.2, 0.25) is 5.91 Å². The van der Waals surface area contributed by atoms with Gasteiger partial charge in [-0.2, -0.15) is 0 Å². The van der Waals surface area contributed by atoms with Gasteiger partial charge in [-0.3, -0.25) is 15.5 Å². The highest BCUT2D eigenvalue weighted by molar-refractivity contribution is 6.36. The van der Waals surface area contributed by atoms with Crippen molar-refractivity contribution in [3.63, 3.8) is 0 Å². The largest absolute Gasteiger partial charge is 0.445 e. The second kappa shape index (κ2) is 12.8. The molecule has 2 aromatic carbocycles. The van der Waals surface area contributed by atoms with Gasteiger partial charge >= 0.3 is 6.09 Å². The minimum atomic E-state index is -0.742. The molecule has 0 heterocycles. The van der Waals surface area contributed by atoms with Crippen LogP contribution in [0.5, 0.6) is 0 Å². The van der Waals surface area contributed by atoms with Gasteiger partial charge in [0.1, 0.15) is 6.61 Å². The fourth-order valence-corrected chi connectivity index (χ4v) is 2.32. The van der Waals surface area contributed by atoms with Crippen LogP contribution in [0.25, 0.3) is 0 Å². The number of amides is 2. The Morgan fingerprint density at radius 2 is 1.56 bits per heavy atom. The van der Waals surface area contributed by atoms with E-state index in [1.54, 1.807) is 18.2 Å². The highest BCUT2D eigenvalue weighted by atomic mass is 35.5. The maximum absolute atomic E-state index is 11.3. The highest BCUT2D eigenvalue weighted by Gasteiger charge is 2.10. The van der Waals surface area contributed by atoms with Gasteiger partial charge in [-0.05, 0) is 23.3 Å². The number of carbonyl (C=O) groups is 2. The lowest BCUT2D eigenvalue weighted by Gasteiger charge is -2.06. The molecule has 2 amide bonds. The molecule has 0 saturated heterocycles. The fourth-order valence-electron chi connectivity index (χ4n) is 1.78. The summed E-state index contributed by atoms with van der Waals surface area (Å²) < 4.78 is 4.57. The molecule has 2 rings (SSSR count). The second-order valence-electron chi connectivity index (χ2n) is 4.93. The third-order valence-electron chi connectivity index (χ3n) is 2.90. The lowest BCUT2D eigenvalue weighted by Crippen LogP contribution is -2.36. The molecule has 0 saturated carbocycles. The van der Waals surface area contributed by atoms with Gasteiger partial charge < -0.3 is 16.2 Å². The standard InChI is InChI=1S/C9H9Cl2N3O.C8H9NO2.ClH/c10-6-2-1-3-7(11)5(6)4-8(15)14-9(12)13;9-8(10)11-6-7-4-2-1-3-5-7;/h1-3H,4H2,(H4,12,13,14,15);1-5H,6H2,(H2,9,10);1H. The van der Waals surface area contributed by atoms with Gasteiger partial charge in [-0.25, -0.2) is 4.79 Å². The SMILES string of the molecule is Cl.N=C(N)NC(=O)Cc1c(Cl)cccc1Cl.NC(=O)OCc1ccccc1. The van der Waals surface area contributed by atoms with Crippen molar-refractivity contribution in [2.45, 2.75) is 13.0 Å². The van der Waals surface area contributed by atoms with Crippen LogP contribution in [0.1, 0.15) is 11.1 Å². The van der Waals surface area contributed by atoms with E-state index < -0.39 is 18.0 Å². The zero-order valence-corrected chi connectivity index (χ0v) is 16.4. The number of primary amides is 1. The Kier molecular flexibility index (Phi) is 11.6. The number of rotatable bonds is 4. The van der Waals surface area contributed by atoms with Crippen molar-refractivity contribution in [3.05, 3.63) is 69.7 Å². The van der Waals surface area contributed by atoms with Gasteiger partial charge in [-0.15, -0.1) is 12.4 Å². The van der Waals surface area contributed by atoms with E-state index in [0.29, 0.717) is 15.6 Å². The summed E-state index contributed by atoms with van der Waals surface area (Å²) in [6, 6.07) is 14.4. The number of guanidine groups is 1. The zero-order chi connectivity index (χ0) is 19.5. The molecule has 0 aliphatic heterocycles. The highest BCUT2D eigenvalue weighted by Crippen LogP contribution is 2.24. The molecule has 0 aromatic heterocycles. The van der Waals surface area contributed by atoms with Crippen LogP contribution in [-0.4, -0.2) is 18.0 Å². The summed E-state index contributed by atoms with van der Waals surface area (Å²) in [4.78, 5) is 21.5. The molecule has 0 spiro atoms. The van der Waals surface area contributed by atoms with Gasteiger partial charge in [0, 0.05) is 10.0 Å². The first-order valence-corrected chi connectivity index (χ1v) is 8.08. The van der Waals surface area contributed by atoms with Crippen LogP contribution in [0, 0.1) is 5.41 Å². The van der Waals surface area contributed by atoms with Crippen LogP contribution in [0.4, 0.5) is 4.79 Å². The summed E-state index contributed by atoms with van der Waals surface area (Å²) in [7, 11) is 0. The molecule has 0 fully saturated rings. The van der Waals surface area contributed by atoms with E-state index in [2.05, 4.69) is 10.1 Å². The first kappa shape index (κ1) is 24.5. The topological polar surface area (TPSA) is 131 Å². The molecule has 6 N–H and O–H groups in total. The van der Waals surface area contributed by atoms with E-state index in [-0.39, 0.29) is 25.4 Å². The van der Waals surface area contributed by atoms with Crippen molar-refractivity contribution in [2.24, 2.45) is 11.5 Å². The van der Waals surface area contributed by atoms with Crippen LogP contribution in [0.2, 0.25) is 10.0 Å². The number of hydrogen-bond acceptors (Lipinski definition) is 4. The Hall–Kier alpha value is -2.48. The quantitative estimate of drug-likeness (QED) is 0.435. The van der Waals surface area contributed by atoms with Gasteiger partial charge in [-0.1, -0.05) is 59.6 Å². The minimum absolute atomic E-state index is 0. The van der Waals surface area contributed by atoms with E-state index in [4.69, 9.17) is 40.1 Å². The number of hydrogen-bond donors (Lipinski definition) is 4. The molecule has 0 atom stereocenters. The van der Waals surface area contributed by atoms with Crippen LogP contribution in [0.15, 0.2) is 48.5 Å². The lowest BCUT2D eigenvalue weighted by atomic mass is 10.1. The number of carbonyl (C=O) groups excluding carboxylic acids is 2. The molecular formula is C17H19Cl3N4O3. The van der Waals surface area contributed by atoms with E-state index >= 15 is 0 Å². The van der Waals surface area contributed by atoms with Gasteiger partial charge in [0.25, 0.3) is 0 Å². The molecule has 0 radical (unpaired) electrons. The van der Waals surface area contributed by atoms with Crippen molar-refractivity contribution in [2.75, 3.05) is 0 Å². The van der Waals surface area contributed by atoms with Crippen molar-refractivity contribution in [3.8, 4) is 0 Å². The van der Waals surface area contributed by atoms with Crippen molar-refractivity contribution in [1.82, 2.24) is 5.32 Å². The second-order valence-corrected chi connectivity index (χ2v) is 5.75. The van der Waals surface area contributed by atoms with Crippen molar-refractivity contribution >= 4 is 53.6 Å². The van der Waals surface area contributed by atoms with E-state index in [1.807, 2.05) is 30.3 Å². The molecule has 27 heavy (non-hydrogen) atoms. The van der Waals surface area contributed by atoms with Crippen molar-refractivity contribution < 1.29 is 14.3 Å². The number of nitrogens with two attached hydrogens (primary N) is 2. The molecule has 7 nitrogen and oxygen atoms in total. The molecule has 0 unspecified atom stereocenters. The molecule has 0 aliphatic rings. The normalized spacial score (nSPS) is 9.11. The van der Waals surface area contributed by atoms with E-state index in [1.165, 1.54) is 0 Å². The summed E-state index contributed by atoms with van der Waals surface area (Å²) in [5, 5.41) is 9.86. The fraction of sp³-hybridized carbons (Fsp3) is 0.118. The predicted octanol–water partition coefficient (Wildman–Crippen LogP) is 3.25. The smallest absolute Gasteiger partial charge is 0.404 e. The van der Waals surface area contributed by atoms with Gasteiger partial charge in [0.15, 0.2) is 5.96 Å². The van der Waals surface area contributed by atoms with Gasteiger partial charge in [0.05, 0.1) is 6.42 Å². The summed E-state index contributed by atoms with van der Waals surface area (Å²) in [6.45, 7) is 0.246. The van der Waals surface area contributed by atoms with E-state index in [9.17, 15) is 9.59 Å². The summed E-state index contributed by atoms with van der Waals surface area (Å²) in [6.07, 6.45) is -0.744. The molecule has 10 heteroatoms. The number of nitrogens with one attached hydrogen (secondary N) is 2. The maximum Gasteiger partial charge on any atom is 0.404 e. The molecular weight excluding hydrogens is 415 g/mol. The lowest BCUT2D eigenvalue weighted by molar-refractivity contribution is -0.119. The number of benzene rings is 2. The predicted molar refractivity (Wildman–Crippen MR) is 108 cm³/mol. The molecule has 0 aliphatic carbocycles. The van der Waals surface area contributed by atoms with Crippen LogP contribution < -0.4 is 16.8 Å². The van der Waals surface area contributed by atoms with Crippen LogP contribution in [-0.2, 0) is 22.6 Å². The van der Waals surface area contributed by atoms with Crippen LogP contribution >= 0.6 is 35.6 Å². The summed E-state index contributed by atoms with van der Waals surface area (Å²) >= 11 is 11.7. The monoisotopic (exact) mass is 432 g/mol. The summed E-state index contributed by atoms with van der Waals surface area (Å²) in [5.74, 6) is -0.819. The number of halogens is 3. The van der Waals surface area contributed by atoms with Crippen molar-refractivity contribution in [1.29, 1.82) is 5.41 Å². The third-order valence-corrected chi connectivity index (χ3v) is 3.61. The molecule has 2 aromatic rings. The average molecular weight is 434 g/mol.